The number of pyridine rings is 1. The highest BCUT2D eigenvalue weighted by Gasteiger charge is 2.16. The van der Waals surface area contributed by atoms with Crippen LogP contribution in [0, 0.1) is 0 Å². The zero-order valence-electron chi connectivity index (χ0n) is 15.8. The van der Waals surface area contributed by atoms with Gasteiger partial charge in [0, 0.05) is 44.0 Å². The molecule has 0 bridgehead atoms. The van der Waals surface area contributed by atoms with Crippen LogP contribution < -0.4 is 15.2 Å². The third-order valence-corrected chi connectivity index (χ3v) is 5.19. The molecule has 0 atom stereocenters. The number of aromatic nitrogens is 2. The van der Waals surface area contributed by atoms with Gasteiger partial charge in [0.25, 0.3) is 5.56 Å². The molecule has 6 heteroatoms. The fourth-order valence-electron chi connectivity index (χ4n) is 3.53. The largest absolute Gasteiger partial charge is 0.497 e. The molecule has 4 rings (SSSR count). The monoisotopic (exact) mass is 364 g/mol. The third-order valence-electron chi connectivity index (χ3n) is 5.19. The normalized spacial score (nSPS) is 15.3. The number of anilines is 1. The number of nitrogens with zero attached hydrogens (tertiary/aromatic N) is 4. The molecule has 0 saturated carbocycles. The Labute approximate surface area is 158 Å². The highest BCUT2D eigenvalue weighted by molar-refractivity contribution is 5.64. The Balaban J connectivity index is 1.67. The number of piperazine rings is 1. The molecule has 0 aliphatic carbocycles. The van der Waals surface area contributed by atoms with Crippen molar-refractivity contribution in [3.63, 3.8) is 0 Å². The lowest BCUT2D eigenvalue weighted by Crippen LogP contribution is -2.46. The molecular formula is C21H24N4O2. The summed E-state index contributed by atoms with van der Waals surface area (Å²) >= 11 is 0. The molecule has 0 amide bonds. The first-order chi connectivity index (χ1) is 13.2. The molecule has 1 fully saturated rings. The quantitative estimate of drug-likeness (QED) is 0.712. The van der Waals surface area contributed by atoms with Crippen LogP contribution in [0.25, 0.3) is 16.9 Å². The van der Waals surface area contributed by atoms with Crippen molar-refractivity contribution in [2.75, 3.05) is 44.7 Å². The minimum atomic E-state index is -0.0770. The van der Waals surface area contributed by atoms with E-state index in [0.717, 1.165) is 49.7 Å². The maximum absolute atomic E-state index is 12.7. The SMILES string of the molecule is CCN1CCN(c2ccc3nc(-c4cccc(OC)c4)cc(=O)n3c2)CC1. The predicted molar refractivity (Wildman–Crippen MR) is 108 cm³/mol. The maximum atomic E-state index is 12.7. The summed E-state index contributed by atoms with van der Waals surface area (Å²) in [7, 11) is 1.63. The van der Waals surface area contributed by atoms with Gasteiger partial charge in [-0.2, -0.15) is 0 Å². The van der Waals surface area contributed by atoms with Crippen LogP contribution in [-0.2, 0) is 0 Å². The molecule has 27 heavy (non-hydrogen) atoms. The summed E-state index contributed by atoms with van der Waals surface area (Å²) in [6.07, 6.45) is 1.90. The van der Waals surface area contributed by atoms with Crippen LogP contribution in [0.3, 0.4) is 0 Å². The van der Waals surface area contributed by atoms with Gasteiger partial charge in [0.05, 0.1) is 18.5 Å². The molecule has 0 spiro atoms. The smallest absolute Gasteiger partial charge is 0.258 e. The first-order valence-corrected chi connectivity index (χ1v) is 9.33. The van der Waals surface area contributed by atoms with Crippen molar-refractivity contribution >= 4 is 11.3 Å². The van der Waals surface area contributed by atoms with Crippen molar-refractivity contribution in [3.05, 3.63) is 59.0 Å². The Morgan fingerprint density at radius 2 is 1.89 bits per heavy atom. The van der Waals surface area contributed by atoms with Crippen molar-refractivity contribution in [2.24, 2.45) is 0 Å². The van der Waals surface area contributed by atoms with E-state index in [4.69, 9.17) is 4.74 Å². The van der Waals surface area contributed by atoms with Crippen molar-refractivity contribution in [3.8, 4) is 17.0 Å². The lowest BCUT2D eigenvalue weighted by atomic mass is 10.1. The lowest BCUT2D eigenvalue weighted by molar-refractivity contribution is 0.271. The molecule has 6 nitrogen and oxygen atoms in total. The number of fused-ring (bicyclic) bond motifs is 1. The second-order valence-corrected chi connectivity index (χ2v) is 6.75. The topological polar surface area (TPSA) is 50.1 Å². The van der Waals surface area contributed by atoms with E-state index in [-0.39, 0.29) is 5.56 Å². The summed E-state index contributed by atoms with van der Waals surface area (Å²) in [5.41, 5.74) is 3.16. The van der Waals surface area contributed by atoms with Crippen molar-refractivity contribution < 1.29 is 4.74 Å². The molecule has 140 valence electrons. The Kier molecular flexibility index (Phi) is 4.81. The van der Waals surface area contributed by atoms with Gasteiger partial charge in [-0.1, -0.05) is 19.1 Å². The van der Waals surface area contributed by atoms with Crippen LogP contribution in [0.1, 0.15) is 6.92 Å². The van der Waals surface area contributed by atoms with Crippen LogP contribution in [0.2, 0.25) is 0 Å². The van der Waals surface area contributed by atoms with E-state index in [1.54, 1.807) is 17.6 Å². The zero-order valence-corrected chi connectivity index (χ0v) is 15.8. The Hall–Kier alpha value is -2.86. The summed E-state index contributed by atoms with van der Waals surface area (Å²) in [6, 6.07) is 13.2. The molecule has 2 aromatic heterocycles. The molecule has 0 unspecified atom stereocenters. The van der Waals surface area contributed by atoms with Crippen LogP contribution in [-0.4, -0.2) is 54.1 Å². The minimum Gasteiger partial charge on any atom is -0.497 e. The average Bonchev–Trinajstić information content (AvgIpc) is 2.73. The fourth-order valence-corrected chi connectivity index (χ4v) is 3.53. The predicted octanol–water partition coefficient (Wildman–Crippen LogP) is 2.51. The van der Waals surface area contributed by atoms with Gasteiger partial charge >= 0.3 is 0 Å². The van der Waals surface area contributed by atoms with E-state index in [0.29, 0.717) is 11.3 Å². The zero-order chi connectivity index (χ0) is 18.8. The summed E-state index contributed by atoms with van der Waals surface area (Å²) in [5.74, 6) is 0.746. The number of methoxy groups -OCH3 is 1. The number of rotatable bonds is 4. The summed E-state index contributed by atoms with van der Waals surface area (Å²) in [5, 5.41) is 0. The van der Waals surface area contributed by atoms with Crippen LogP contribution >= 0.6 is 0 Å². The standard InChI is InChI=1S/C21H24N4O2/c1-3-23-9-11-24(12-10-23)17-7-8-20-22-19(14-21(26)25(20)15-17)16-5-4-6-18(13-16)27-2/h4-8,13-15H,3,9-12H2,1-2H3. The average molecular weight is 364 g/mol. The first-order valence-electron chi connectivity index (χ1n) is 9.33. The van der Waals surface area contributed by atoms with Gasteiger partial charge in [0.2, 0.25) is 0 Å². The molecule has 1 saturated heterocycles. The Morgan fingerprint density at radius 3 is 2.63 bits per heavy atom. The molecule has 1 aliphatic heterocycles. The van der Waals surface area contributed by atoms with E-state index < -0.39 is 0 Å². The number of hydrogen-bond acceptors (Lipinski definition) is 5. The first kappa shape index (κ1) is 17.5. The summed E-state index contributed by atoms with van der Waals surface area (Å²) in [6.45, 7) is 7.33. The summed E-state index contributed by atoms with van der Waals surface area (Å²) < 4.78 is 6.90. The third kappa shape index (κ3) is 3.53. The Bertz CT molecular complexity index is 1010. The molecule has 1 aliphatic rings. The van der Waals surface area contributed by atoms with Crippen molar-refractivity contribution in [2.45, 2.75) is 6.92 Å². The van der Waals surface area contributed by atoms with Gasteiger partial charge in [-0.05, 0) is 30.8 Å². The number of likely N-dealkylation sites (N-methyl/N-ethyl adjacent to an activating group) is 1. The number of ether oxygens (including phenoxy) is 1. The highest BCUT2D eigenvalue weighted by Crippen LogP contribution is 2.22. The molecule has 0 N–H and O–H groups in total. The van der Waals surface area contributed by atoms with E-state index >= 15 is 0 Å². The van der Waals surface area contributed by atoms with E-state index in [1.165, 1.54) is 0 Å². The van der Waals surface area contributed by atoms with Gasteiger partial charge < -0.3 is 14.5 Å². The lowest BCUT2D eigenvalue weighted by Gasteiger charge is -2.35. The maximum Gasteiger partial charge on any atom is 0.258 e. The van der Waals surface area contributed by atoms with E-state index in [2.05, 4.69) is 27.8 Å². The molecule has 3 heterocycles. The van der Waals surface area contributed by atoms with Crippen LogP contribution in [0.4, 0.5) is 5.69 Å². The van der Waals surface area contributed by atoms with Crippen molar-refractivity contribution in [1.82, 2.24) is 14.3 Å². The molecule has 0 radical (unpaired) electrons. The van der Waals surface area contributed by atoms with Crippen molar-refractivity contribution in [1.29, 1.82) is 0 Å². The van der Waals surface area contributed by atoms with Gasteiger partial charge in [-0.15, -0.1) is 0 Å². The van der Waals surface area contributed by atoms with Gasteiger partial charge in [0.1, 0.15) is 11.4 Å². The van der Waals surface area contributed by atoms with Gasteiger partial charge in [-0.25, -0.2) is 4.98 Å². The minimum absolute atomic E-state index is 0.0770. The molecule has 1 aromatic carbocycles. The second kappa shape index (κ2) is 7.40. The molecular weight excluding hydrogens is 340 g/mol. The summed E-state index contributed by atoms with van der Waals surface area (Å²) in [4.78, 5) is 22.2. The van der Waals surface area contributed by atoms with E-state index in [9.17, 15) is 4.79 Å². The second-order valence-electron chi connectivity index (χ2n) is 6.75. The van der Waals surface area contributed by atoms with Crippen LogP contribution in [0.5, 0.6) is 5.75 Å². The Morgan fingerprint density at radius 1 is 1.07 bits per heavy atom. The van der Waals surface area contributed by atoms with Gasteiger partial charge in [0.15, 0.2) is 0 Å². The molecule has 3 aromatic rings. The van der Waals surface area contributed by atoms with E-state index in [1.807, 2.05) is 36.5 Å². The number of benzene rings is 1. The number of hydrogen-bond donors (Lipinski definition) is 0. The van der Waals surface area contributed by atoms with Gasteiger partial charge in [-0.3, -0.25) is 9.20 Å². The highest BCUT2D eigenvalue weighted by atomic mass is 16.5. The fraction of sp³-hybridized carbons (Fsp3) is 0.333. The van der Waals surface area contributed by atoms with Crippen LogP contribution in [0.15, 0.2) is 53.5 Å².